The molecule has 0 radical (unpaired) electrons. The lowest BCUT2D eigenvalue weighted by Crippen LogP contribution is -2.42. The Hall–Kier alpha value is -2.11. The van der Waals surface area contributed by atoms with Crippen molar-refractivity contribution in [1.29, 1.82) is 0 Å². The Balaban J connectivity index is 2.70. The molecule has 1 aromatic heterocycles. The highest BCUT2D eigenvalue weighted by atomic mass is 16.4. The Morgan fingerprint density at radius 2 is 2.17 bits per heavy atom. The number of nitrogen functional groups attached to an aromatic ring is 1. The van der Waals surface area contributed by atoms with Gasteiger partial charge in [0, 0.05) is 12.7 Å². The first-order chi connectivity index (χ1) is 8.45. The molecule has 1 unspecified atom stereocenters. The van der Waals surface area contributed by atoms with Gasteiger partial charge in [-0.25, -0.2) is 4.79 Å². The summed E-state index contributed by atoms with van der Waals surface area (Å²) in [5.74, 6) is -1.28. The molecule has 1 rings (SSSR count). The molecule has 1 amide bonds. The van der Waals surface area contributed by atoms with Crippen LogP contribution in [0.4, 0.5) is 5.69 Å². The molecule has 0 saturated carbocycles. The molecule has 6 heteroatoms. The summed E-state index contributed by atoms with van der Waals surface area (Å²) in [7, 11) is 1.49. The van der Waals surface area contributed by atoms with E-state index in [1.807, 2.05) is 0 Å². The second kappa shape index (κ2) is 6.00. The Labute approximate surface area is 105 Å². The molecule has 18 heavy (non-hydrogen) atoms. The average molecular weight is 251 g/mol. The van der Waals surface area contributed by atoms with Crippen LogP contribution in [0.15, 0.2) is 18.3 Å². The van der Waals surface area contributed by atoms with Crippen LogP contribution in [0.25, 0.3) is 0 Å². The number of carboxylic acids is 1. The minimum absolute atomic E-state index is 0.0700. The van der Waals surface area contributed by atoms with Crippen molar-refractivity contribution in [2.45, 2.75) is 25.8 Å². The molecule has 3 N–H and O–H groups in total. The smallest absolute Gasteiger partial charge is 0.326 e. The second-order valence-electron chi connectivity index (χ2n) is 4.03. The molecule has 98 valence electrons. The van der Waals surface area contributed by atoms with E-state index in [-0.39, 0.29) is 12.3 Å². The SMILES string of the molecule is CCC(C(=O)O)N(C)C(=O)Cc1ccc(N)cn1. The zero-order valence-corrected chi connectivity index (χ0v) is 10.5. The van der Waals surface area contributed by atoms with Crippen LogP contribution in [0.3, 0.4) is 0 Å². The Morgan fingerprint density at radius 1 is 1.50 bits per heavy atom. The molecule has 0 spiro atoms. The van der Waals surface area contributed by atoms with Gasteiger partial charge in [0.2, 0.25) is 5.91 Å². The number of anilines is 1. The summed E-state index contributed by atoms with van der Waals surface area (Å²) in [5.41, 5.74) is 6.59. The maximum absolute atomic E-state index is 11.9. The van der Waals surface area contributed by atoms with Crippen molar-refractivity contribution >= 4 is 17.6 Å². The summed E-state index contributed by atoms with van der Waals surface area (Å²) in [6.45, 7) is 1.73. The normalized spacial score (nSPS) is 11.9. The van der Waals surface area contributed by atoms with E-state index >= 15 is 0 Å². The van der Waals surface area contributed by atoms with Gasteiger partial charge in [-0.05, 0) is 18.6 Å². The summed E-state index contributed by atoms with van der Waals surface area (Å²) >= 11 is 0. The monoisotopic (exact) mass is 251 g/mol. The highest BCUT2D eigenvalue weighted by Gasteiger charge is 2.24. The number of carboxylic acid groups (broad SMARTS) is 1. The fraction of sp³-hybridized carbons (Fsp3) is 0.417. The fourth-order valence-electron chi connectivity index (χ4n) is 1.61. The van der Waals surface area contributed by atoms with E-state index in [2.05, 4.69) is 4.98 Å². The van der Waals surface area contributed by atoms with Crippen LogP contribution < -0.4 is 5.73 Å². The van der Waals surface area contributed by atoms with Gasteiger partial charge in [0.25, 0.3) is 0 Å². The van der Waals surface area contributed by atoms with Gasteiger partial charge in [0.15, 0.2) is 0 Å². The molecule has 0 fully saturated rings. The van der Waals surface area contributed by atoms with Crippen molar-refractivity contribution in [3.05, 3.63) is 24.0 Å². The van der Waals surface area contributed by atoms with E-state index in [4.69, 9.17) is 10.8 Å². The molecule has 0 saturated heterocycles. The Kier molecular flexibility index (Phi) is 4.65. The molecule has 1 atom stereocenters. The molecule has 0 aliphatic carbocycles. The van der Waals surface area contributed by atoms with Gasteiger partial charge in [-0.2, -0.15) is 0 Å². The zero-order valence-electron chi connectivity index (χ0n) is 10.5. The predicted molar refractivity (Wildman–Crippen MR) is 66.8 cm³/mol. The Morgan fingerprint density at radius 3 is 2.61 bits per heavy atom. The molecule has 6 nitrogen and oxygen atoms in total. The summed E-state index contributed by atoms with van der Waals surface area (Å²) in [6, 6.07) is 2.51. The van der Waals surface area contributed by atoms with Gasteiger partial charge >= 0.3 is 5.97 Å². The lowest BCUT2D eigenvalue weighted by molar-refractivity contribution is -0.148. The number of hydrogen-bond donors (Lipinski definition) is 2. The van der Waals surface area contributed by atoms with Crippen molar-refractivity contribution in [3.8, 4) is 0 Å². The first kappa shape index (κ1) is 14.0. The van der Waals surface area contributed by atoms with E-state index in [1.165, 1.54) is 18.1 Å². The topological polar surface area (TPSA) is 96.5 Å². The number of carbonyl (C=O) groups is 2. The Bertz CT molecular complexity index is 431. The number of aromatic nitrogens is 1. The van der Waals surface area contributed by atoms with Crippen molar-refractivity contribution in [2.24, 2.45) is 0 Å². The highest BCUT2D eigenvalue weighted by molar-refractivity contribution is 5.84. The van der Waals surface area contributed by atoms with Crippen LogP contribution in [-0.2, 0) is 16.0 Å². The van der Waals surface area contributed by atoms with Crippen LogP contribution in [0.1, 0.15) is 19.0 Å². The molecule has 0 bridgehead atoms. The number of pyridine rings is 1. The summed E-state index contributed by atoms with van der Waals surface area (Å²) in [6.07, 6.45) is 1.91. The van der Waals surface area contributed by atoms with Crippen LogP contribution in [0.2, 0.25) is 0 Å². The van der Waals surface area contributed by atoms with Gasteiger partial charge in [0.1, 0.15) is 6.04 Å². The highest BCUT2D eigenvalue weighted by Crippen LogP contribution is 2.07. The number of hydrogen-bond acceptors (Lipinski definition) is 4. The number of amides is 1. The largest absolute Gasteiger partial charge is 0.480 e. The van der Waals surface area contributed by atoms with Crippen molar-refractivity contribution in [2.75, 3.05) is 12.8 Å². The van der Waals surface area contributed by atoms with Gasteiger partial charge in [0.05, 0.1) is 18.3 Å². The molecule has 1 aromatic rings. The first-order valence-corrected chi connectivity index (χ1v) is 5.64. The summed E-state index contributed by atoms with van der Waals surface area (Å²) in [4.78, 5) is 28.1. The van der Waals surface area contributed by atoms with Gasteiger partial charge < -0.3 is 15.7 Å². The van der Waals surface area contributed by atoms with E-state index in [0.29, 0.717) is 17.8 Å². The maximum Gasteiger partial charge on any atom is 0.326 e. The van der Waals surface area contributed by atoms with Crippen LogP contribution in [0.5, 0.6) is 0 Å². The molecule has 0 aliphatic heterocycles. The number of carbonyl (C=O) groups excluding carboxylic acids is 1. The quantitative estimate of drug-likeness (QED) is 0.795. The number of nitrogens with zero attached hydrogens (tertiary/aromatic N) is 2. The number of nitrogens with two attached hydrogens (primary N) is 1. The molecule has 1 heterocycles. The third-order valence-corrected chi connectivity index (χ3v) is 2.71. The van der Waals surface area contributed by atoms with Crippen LogP contribution in [0, 0.1) is 0 Å². The molecule has 0 aromatic carbocycles. The van der Waals surface area contributed by atoms with Crippen molar-refractivity contribution in [1.82, 2.24) is 9.88 Å². The van der Waals surface area contributed by atoms with E-state index in [1.54, 1.807) is 19.1 Å². The summed E-state index contributed by atoms with van der Waals surface area (Å²) in [5, 5.41) is 8.97. The van der Waals surface area contributed by atoms with E-state index in [0.717, 1.165) is 0 Å². The maximum atomic E-state index is 11.9. The zero-order chi connectivity index (χ0) is 13.7. The average Bonchev–Trinajstić information content (AvgIpc) is 2.32. The van der Waals surface area contributed by atoms with Gasteiger partial charge in [-0.15, -0.1) is 0 Å². The van der Waals surface area contributed by atoms with E-state index < -0.39 is 12.0 Å². The van der Waals surface area contributed by atoms with Crippen molar-refractivity contribution in [3.63, 3.8) is 0 Å². The number of aliphatic carboxylic acids is 1. The number of rotatable bonds is 5. The van der Waals surface area contributed by atoms with Crippen molar-refractivity contribution < 1.29 is 14.7 Å². The molecule has 0 aliphatic rings. The van der Waals surface area contributed by atoms with Gasteiger partial charge in [-0.3, -0.25) is 9.78 Å². The summed E-state index contributed by atoms with van der Waals surface area (Å²) < 4.78 is 0. The minimum Gasteiger partial charge on any atom is -0.480 e. The predicted octanol–water partition coefficient (Wildman–Crippen LogP) is 0.528. The fourth-order valence-corrected chi connectivity index (χ4v) is 1.61. The lowest BCUT2D eigenvalue weighted by Gasteiger charge is -2.23. The third-order valence-electron chi connectivity index (χ3n) is 2.71. The van der Waals surface area contributed by atoms with Crippen LogP contribution in [-0.4, -0.2) is 40.0 Å². The molecular formula is C12H17N3O3. The first-order valence-electron chi connectivity index (χ1n) is 5.64. The van der Waals surface area contributed by atoms with Gasteiger partial charge in [-0.1, -0.05) is 6.92 Å². The molecular weight excluding hydrogens is 234 g/mol. The van der Waals surface area contributed by atoms with Crippen LogP contribution >= 0.6 is 0 Å². The number of likely N-dealkylation sites (N-methyl/N-ethyl adjacent to an activating group) is 1. The second-order valence-corrected chi connectivity index (χ2v) is 4.03. The van der Waals surface area contributed by atoms with E-state index in [9.17, 15) is 9.59 Å². The third kappa shape index (κ3) is 3.44. The minimum atomic E-state index is -1.00. The lowest BCUT2D eigenvalue weighted by atomic mass is 10.1. The standard InChI is InChI=1S/C12H17N3O3/c1-3-10(12(17)18)15(2)11(16)6-9-5-4-8(13)7-14-9/h4-5,7,10H,3,6,13H2,1-2H3,(H,17,18).